The predicted octanol–water partition coefficient (Wildman–Crippen LogP) is 1.12. The quantitative estimate of drug-likeness (QED) is 0.277. The van der Waals surface area contributed by atoms with Crippen LogP contribution in [0.15, 0.2) is 24.3 Å². The fraction of sp³-hybridized carbons (Fsp3) is 0.677. The molecule has 0 aromatic heterocycles. The number of nitrogens with one attached hydrogen (secondary N) is 3. The van der Waals surface area contributed by atoms with E-state index < -0.39 is 35.5 Å². The van der Waals surface area contributed by atoms with Gasteiger partial charge in [0.2, 0.25) is 17.7 Å². The standard InChI is InChI=1S/C31H44N4O7/c1-19(32-27(36)17-35-15-23-14-24(16-35)42-23)29(38)34-26(13-21-8-10-22(40-3)11-9-21)30(39)33-25(12-20-6-4-5-7-20)28(37)31(2)18-41-31/h8-11,19-20,23-26H,4-7,12-18H2,1-3H3,(H,32,36)(H,33,39)(H,34,38)/t19?,23?,24?,25?,26?,31-/m1/s1. The maximum atomic E-state index is 13.7. The Kier molecular flexibility index (Phi) is 9.49. The maximum absolute atomic E-state index is 13.7. The van der Waals surface area contributed by atoms with E-state index in [-0.39, 0.29) is 36.9 Å². The number of Topliss-reactive ketones (excluding diaryl/α,β-unsaturated/α-hetero) is 1. The molecule has 11 heteroatoms. The van der Waals surface area contributed by atoms with E-state index in [9.17, 15) is 19.2 Å². The van der Waals surface area contributed by atoms with Crippen LogP contribution in [0.3, 0.4) is 0 Å². The first-order valence-corrected chi connectivity index (χ1v) is 15.2. The van der Waals surface area contributed by atoms with Crippen LogP contribution < -0.4 is 20.7 Å². The van der Waals surface area contributed by atoms with Crippen molar-refractivity contribution >= 4 is 23.5 Å². The first-order chi connectivity index (χ1) is 20.1. The second-order valence-electron chi connectivity index (χ2n) is 12.5. The number of methoxy groups -OCH3 is 1. The molecule has 1 saturated carbocycles. The molecule has 2 bridgehead atoms. The molecule has 5 unspecified atom stereocenters. The highest BCUT2D eigenvalue weighted by atomic mass is 16.6. The van der Waals surface area contributed by atoms with E-state index in [0.717, 1.165) is 37.7 Å². The summed E-state index contributed by atoms with van der Waals surface area (Å²) in [5.41, 5.74) is -0.0552. The van der Waals surface area contributed by atoms with Crippen molar-refractivity contribution in [3.63, 3.8) is 0 Å². The second-order valence-corrected chi connectivity index (χ2v) is 12.5. The molecule has 3 amide bonds. The first-order valence-electron chi connectivity index (χ1n) is 15.2. The zero-order valence-corrected chi connectivity index (χ0v) is 24.9. The van der Waals surface area contributed by atoms with Crippen molar-refractivity contribution in [3.8, 4) is 5.75 Å². The molecule has 230 valence electrons. The van der Waals surface area contributed by atoms with Crippen LogP contribution in [0.25, 0.3) is 0 Å². The third-order valence-corrected chi connectivity index (χ3v) is 8.98. The zero-order chi connectivity index (χ0) is 29.9. The molecule has 4 saturated heterocycles. The molecule has 5 fully saturated rings. The summed E-state index contributed by atoms with van der Waals surface area (Å²) in [6, 6.07) is 4.76. The fourth-order valence-corrected chi connectivity index (χ4v) is 6.33. The van der Waals surface area contributed by atoms with E-state index >= 15 is 0 Å². The average molecular weight is 585 g/mol. The number of carbonyl (C=O) groups is 4. The summed E-state index contributed by atoms with van der Waals surface area (Å²) >= 11 is 0. The van der Waals surface area contributed by atoms with Crippen LogP contribution in [0.1, 0.15) is 57.9 Å². The highest BCUT2D eigenvalue weighted by molar-refractivity contribution is 5.98. The molecule has 3 N–H and O–H groups in total. The SMILES string of the molecule is COc1ccc(CC(NC(=O)C(C)NC(=O)CN2CC3CC(C2)O3)C(=O)NC(CC2CCCC2)C(=O)[C@@]2(C)CO2)cc1. The maximum Gasteiger partial charge on any atom is 0.243 e. The minimum Gasteiger partial charge on any atom is -0.497 e. The average Bonchev–Trinajstić information content (AvgIpc) is 3.50. The van der Waals surface area contributed by atoms with Crippen LogP contribution in [0.4, 0.5) is 0 Å². The van der Waals surface area contributed by atoms with Crippen molar-refractivity contribution in [3.05, 3.63) is 29.8 Å². The van der Waals surface area contributed by atoms with E-state index in [4.69, 9.17) is 14.2 Å². The molecular weight excluding hydrogens is 540 g/mol. The van der Waals surface area contributed by atoms with Crippen LogP contribution in [0.5, 0.6) is 5.75 Å². The molecule has 6 rings (SSSR count). The Balaban J connectivity index is 1.23. The van der Waals surface area contributed by atoms with Crippen LogP contribution in [0.2, 0.25) is 0 Å². The van der Waals surface area contributed by atoms with Gasteiger partial charge in [-0.25, -0.2) is 0 Å². The lowest BCUT2D eigenvalue weighted by Crippen LogP contribution is -2.60. The van der Waals surface area contributed by atoms with Crippen molar-refractivity contribution in [2.24, 2.45) is 5.92 Å². The number of benzene rings is 1. The molecule has 4 aliphatic heterocycles. The number of ketones is 1. The fourth-order valence-electron chi connectivity index (χ4n) is 6.33. The van der Waals surface area contributed by atoms with Crippen LogP contribution in [0, 0.1) is 5.92 Å². The lowest BCUT2D eigenvalue weighted by atomic mass is 9.90. The molecular formula is C31H44N4O7. The Morgan fingerprint density at radius 3 is 2.21 bits per heavy atom. The van der Waals surface area contributed by atoms with Gasteiger partial charge in [-0.15, -0.1) is 0 Å². The van der Waals surface area contributed by atoms with Gasteiger partial charge in [-0.05, 0) is 43.9 Å². The Morgan fingerprint density at radius 1 is 1.00 bits per heavy atom. The second kappa shape index (κ2) is 13.1. The normalized spacial score (nSPS) is 27.2. The monoisotopic (exact) mass is 584 g/mol. The summed E-state index contributed by atoms with van der Waals surface area (Å²) in [4.78, 5) is 55.1. The topological polar surface area (TPSA) is 139 Å². The number of rotatable bonds is 14. The van der Waals surface area contributed by atoms with Gasteiger partial charge in [0, 0.05) is 25.9 Å². The molecule has 42 heavy (non-hydrogen) atoms. The van der Waals surface area contributed by atoms with Gasteiger partial charge >= 0.3 is 0 Å². The van der Waals surface area contributed by atoms with Crippen LogP contribution >= 0.6 is 0 Å². The van der Waals surface area contributed by atoms with Gasteiger partial charge in [-0.1, -0.05) is 37.8 Å². The lowest BCUT2D eigenvalue weighted by molar-refractivity contribution is -0.181. The highest BCUT2D eigenvalue weighted by Gasteiger charge is 2.50. The number of amides is 3. The molecule has 6 atom stereocenters. The summed E-state index contributed by atoms with van der Waals surface area (Å²) in [5.74, 6) is -0.251. The van der Waals surface area contributed by atoms with E-state index in [2.05, 4.69) is 16.0 Å². The summed E-state index contributed by atoms with van der Waals surface area (Å²) in [7, 11) is 1.58. The van der Waals surface area contributed by atoms with Gasteiger partial charge < -0.3 is 30.2 Å². The van der Waals surface area contributed by atoms with Crippen LogP contribution in [-0.2, 0) is 35.1 Å². The number of morpholine rings is 1. The number of carbonyl (C=O) groups excluding carboxylic acids is 4. The van der Waals surface area contributed by atoms with Gasteiger partial charge in [-0.2, -0.15) is 0 Å². The highest BCUT2D eigenvalue weighted by Crippen LogP contribution is 2.33. The summed E-state index contributed by atoms with van der Waals surface area (Å²) < 4.78 is 16.3. The molecule has 1 aliphatic carbocycles. The van der Waals surface area contributed by atoms with Gasteiger partial charge in [-0.3, -0.25) is 24.1 Å². The molecule has 5 aliphatic rings. The smallest absolute Gasteiger partial charge is 0.243 e. The largest absolute Gasteiger partial charge is 0.497 e. The Labute approximate surface area is 247 Å². The number of fused-ring (bicyclic) bond motifs is 2. The number of hydrogen-bond donors (Lipinski definition) is 3. The number of piperidine rings is 1. The van der Waals surface area contributed by atoms with Crippen molar-refractivity contribution < 1.29 is 33.4 Å². The van der Waals surface area contributed by atoms with Gasteiger partial charge in [0.05, 0.1) is 38.5 Å². The zero-order valence-electron chi connectivity index (χ0n) is 24.9. The van der Waals surface area contributed by atoms with Crippen molar-refractivity contribution in [2.45, 2.75) is 94.7 Å². The molecule has 0 spiro atoms. The van der Waals surface area contributed by atoms with Crippen molar-refractivity contribution in [2.75, 3.05) is 33.4 Å². The molecule has 0 radical (unpaired) electrons. The minimum atomic E-state index is -0.955. The molecule has 4 heterocycles. The van der Waals surface area contributed by atoms with E-state index in [1.165, 1.54) is 0 Å². The molecule has 1 aromatic rings. The Morgan fingerprint density at radius 2 is 1.62 bits per heavy atom. The van der Waals surface area contributed by atoms with Gasteiger partial charge in [0.25, 0.3) is 0 Å². The lowest BCUT2D eigenvalue weighted by Gasteiger charge is -2.46. The Bertz CT molecular complexity index is 1130. The summed E-state index contributed by atoms with van der Waals surface area (Å²) in [5, 5.41) is 8.57. The molecule has 1 aromatic carbocycles. The van der Waals surface area contributed by atoms with E-state index in [0.29, 0.717) is 37.8 Å². The third-order valence-electron chi connectivity index (χ3n) is 8.98. The first kappa shape index (κ1) is 30.4. The van der Waals surface area contributed by atoms with Gasteiger partial charge in [0.15, 0.2) is 5.78 Å². The summed E-state index contributed by atoms with van der Waals surface area (Å²) in [6.07, 6.45) is 6.49. The third kappa shape index (κ3) is 7.67. The van der Waals surface area contributed by atoms with Crippen molar-refractivity contribution in [1.29, 1.82) is 0 Å². The van der Waals surface area contributed by atoms with Crippen LogP contribution in [-0.4, -0.2) is 97.7 Å². The number of ether oxygens (including phenoxy) is 3. The number of nitrogens with zero attached hydrogens (tertiary/aromatic N) is 1. The van der Waals surface area contributed by atoms with E-state index in [1.807, 2.05) is 17.0 Å². The van der Waals surface area contributed by atoms with Gasteiger partial charge in [0.1, 0.15) is 23.4 Å². The van der Waals surface area contributed by atoms with Crippen molar-refractivity contribution in [1.82, 2.24) is 20.9 Å². The Hall–Kier alpha value is -3.02. The summed E-state index contributed by atoms with van der Waals surface area (Å²) in [6.45, 7) is 5.31. The minimum absolute atomic E-state index is 0.126. The number of hydrogen-bond acceptors (Lipinski definition) is 8. The predicted molar refractivity (Wildman–Crippen MR) is 154 cm³/mol. The molecule has 11 nitrogen and oxygen atoms in total. The van der Waals surface area contributed by atoms with E-state index in [1.54, 1.807) is 33.1 Å². The number of epoxide rings is 1.